The van der Waals surface area contributed by atoms with Gasteiger partial charge in [0.1, 0.15) is 11.3 Å². The van der Waals surface area contributed by atoms with Crippen LogP contribution in [0.15, 0.2) is 55.0 Å². The van der Waals surface area contributed by atoms with E-state index in [9.17, 15) is 0 Å². The first-order chi connectivity index (χ1) is 14.1. The molecule has 0 bridgehead atoms. The molecule has 1 aromatic carbocycles. The van der Waals surface area contributed by atoms with E-state index >= 15 is 0 Å². The zero-order chi connectivity index (χ0) is 20.2. The van der Waals surface area contributed by atoms with Gasteiger partial charge < -0.3 is 16.4 Å². The molecule has 4 N–H and O–H groups in total. The third kappa shape index (κ3) is 4.46. The molecule has 0 fully saturated rings. The van der Waals surface area contributed by atoms with Gasteiger partial charge in [0.25, 0.3) is 0 Å². The summed E-state index contributed by atoms with van der Waals surface area (Å²) in [4.78, 5) is 13.6. The number of nitrogens with zero attached hydrogens (tertiary/aromatic N) is 5. The lowest BCUT2D eigenvalue weighted by Crippen LogP contribution is -2.28. The van der Waals surface area contributed by atoms with Crippen molar-refractivity contribution < 1.29 is 0 Å². The second-order valence-corrected chi connectivity index (χ2v) is 6.86. The smallest absolute Gasteiger partial charge is 0.180 e. The van der Waals surface area contributed by atoms with Gasteiger partial charge in [0.2, 0.25) is 0 Å². The maximum Gasteiger partial charge on any atom is 0.180 e. The van der Waals surface area contributed by atoms with Crippen molar-refractivity contribution in [1.29, 1.82) is 0 Å². The Bertz CT molecular complexity index is 1170. The van der Waals surface area contributed by atoms with Crippen molar-refractivity contribution in [2.75, 3.05) is 17.6 Å². The lowest BCUT2D eigenvalue weighted by Gasteiger charge is -2.08. The van der Waals surface area contributed by atoms with E-state index < -0.39 is 0 Å². The highest BCUT2D eigenvalue weighted by Crippen LogP contribution is 2.19. The van der Waals surface area contributed by atoms with E-state index in [1.807, 2.05) is 54.2 Å². The fraction of sp³-hybridized carbons (Fsp3) is 0.150. The molecule has 4 aromatic rings. The second kappa shape index (κ2) is 8.19. The van der Waals surface area contributed by atoms with Gasteiger partial charge in [-0.1, -0.05) is 12.1 Å². The molecule has 0 atom stereocenters. The number of rotatable bonds is 5. The highest BCUT2D eigenvalue weighted by atomic mass is 32.1. The summed E-state index contributed by atoms with van der Waals surface area (Å²) < 4.78 is 1.84. The van der Waals surface area contributed by atoms with Crippen molar-refractivity contribution in [1.82, 2.24) is 30.0 Å². The molecule has 4 rings (SSSR count). The summed E-state index contributed by atoms with van der Waals surface area (Å²) in [5.74, 6) is 0.618. The van der Waals surface area contributed by atoms with Crippen molar-refractivity contribution in [3.05, 3.63) is 60.6 Å². The molecule has 0 aliphatic rings. The number of benzene rings is 1. The van der Waals surface area contributed by atoms with Crippen LogP contribution in [0, 0.1) is 0 Å². The molecule has 0 unspecified atom stereocenters. The molecular formula is C20H20N8S. The number of aromatic nitrogens is 5. The fourth-order valence-electron chi connectivity index (χ4n) is 2.89. The number of fused-ring (bicyclic) bond motifs is 1. The molecule has 29 heavy (non-hydrogen) atoms. The number of thiocarbonyl (C=S) groups is 1. The van der Waals surface area contributed by atoms with Crippen LogP contribution in [0.4, 0.5) is 11.5 Å². The van der Waals surface area contributed by atoms with Gasteiger partial charge in [-0.25, -0.2) is 9.97 Å². The average molecular weight is 405 g/mol. The average Bonchev–Trinajstić information content (AvgIpc) is 3.16. The van der Waals surface area contributed by atoms with Crippen LogP contribution in [0.2, 0.25) is 0 Å². The maximum absolute atomic E-state index is 5.85. The Kier molecular flexibility index (Phi) is 5.30. The Morgan fingerprint density at radius 1 is 1.17 bits per heavy atom. The first kappa shape index (κ1) is 18.8. The highest BCUT2D eigenvalue weighted by molar-refractivity contribution is 7.80. The summed E-state index contributed by atoms with van der Waals surface area (Å²) in [6, 6.07) is 11.4. The minimum atomic E-state index is 0.520. The Morgan fingerprint density at radius 3 is 2.90 bits per heavy atom. The SMILES string of the molecule is CCNC(=S)Nc1ccc2ncc(-c3cnn(Cc4cccc(N)c4)c3)nc2n1. The Labute approximate surface area is 173 Å². The minimum absolute atomic E-state index is 0.520. The molecule has 0 aliphatic carbocycles. The van der Waals surface area contributed by atoms with Crippen molar-refractivity contribution >= 4 is 40.0 Å². The number of nitrogen functional groups attached to an aromatic ring is 1. The molecule has 8 nitrogen and oxygen atoms in total. The summed E-state index contributed by atoms with van der Waals surface area (Å²) in [6.45, 7) is 3.34. The molecule has 0 saturated carbocycles. The predicted molar refractivity (Wildman–Crippen MR) is 118 cm³/mol. The molecule has 0 radical (unpaired) electrons. The lowest BCUT2D eigenvalue weighted by molar-refractivity contribution is 0.687. The van der Waals surface area contributed by atoms with Crippen molar-refractivity contribution in [3.63, 3.8) is 0 Å². The summed E-state index contributed by atoms with van der Waals surface area (Å²) >= 11 is 5.21. The number of nitrogens with one attached hydrogen (secondary N) is 2. The Hall–Kier alpha value is -3.59. The standard InChI is InChI=1S/C20H20N8S/c1-2-22-20(29)27-18-7-6-16-19(26-18)25-17(10-23-16)14-9-24-28(12-14)11-13-4-3-5-15(21)8-13/h3-10,12H,2,11,21H2,1H3,(H2,22,25,26,27,29). The van der Waals surface area contributed by atoms with Gasteiger partial charge in [0.05, 0.1) is 24.6 Å². The van der Waals surface area contributed by atoms with Crippen molar-refractivity contribution in [2.45, 2.75) is 13.5 Å². The normalized spacial score (nSPS) is 10.8. The van der Waals surface area contributed by atoms with Gasteiger partial charge in [0, 0.05) is 24.0 Å². The van der Waals surface area contributed by atoms with E-state index in [0.717, 1.165) is 23.4 Å². The summed E-state index contributed by atoms with van der Waals surface area (Å²) in [5.41, 5.74) is 10.5. The lowest BCUT2D eigenvalue weighted by atomic mass is 10.2. The molecule has 0 spiro atoms. The van der Waals surface area contributed by atoms with Gasteiger partial charge in [0.15, 0.2) is 10.8 Å². The van der Waals surface area contributed by atoms with E-state index in [2.05, 4.69) is 30.7 Å². The monoisotopic (exact) mass is 404 g/mol. The predicted octanol–water partition coefficient (Wildman–Crippen LogP) is 2.83. The summed E-state index contributed by atoms with van der Waals surface area (Å²) in [6.07, 6.45) is 5.42. The van der Waals surface area contributed by atoms with Crippen molar-refractivity contribution in [3.8, 4) is 11.3 Å². The minimum Gasteiger partial charge on any atom is -0.399 e. The van der Waals surface area contributed by atoms with Crippen LogP contribution < -0.4 is 16.4 Å². The van der Waals surface area contributed by atoms with Gasteiger partial charge in [-0.15, -0.1) is 0 Å². The van der Waals surface area contributed by atoms with Crippen molar-refractivity contribution in [2.24, 2.45) is 0 Å². The fourth-order valence-corrected chi connectivity index (χ4v) is 3.14. The van der Waals surface area contributed by atoms with Crippen LogP contribution in [-0.4, -0.2) is 36.4 Å². The van der Waals surface area contributed by atoms with Gasteiger partial charge in [-0.3, -0.25) is 9.67 Å². The van der Waals surface area contributed by atoms with Crippen LogP contribution in [0.5, 0.6) is 0 Å². The van der Waals surface area contributed by atoms with E-state index in [-0.39, 0.29) is 0 Å². The molecule has 0 aliphatic heterocycles. The Balaban J connectivity index is 1.57. The van der Waals surface area contributed by atoms with E-state index in [1.165, 1.54) is 0 Å². The first-order valence-corrected chi connectivity index (χ1v) is 9.57. The van der Waals surface area contributed by atoms with Crippen LogP contribution in [0.1, 0.15) is 12.5 Å². The zero-order valence-corrected chi connectivity index (χ0v) is 16.6. The van der Waals surface area contributed by atoms with Crippen LogP contribution in [-0.2, 0) is 6.54 Å². The number of anilines is 2. The molecular weight excluding hydrogens is 384 g/mol. The topological polar surface area (TPSA) is 107 Å². The number of nitrogens with two attached hydrogens (primary N) is 1. The Morgan fingerprint density at radius 2 is 2.07 bits per heavy atom. The van der Waals surface area contributed by atoms with E-state index in [4.69, 9.17) is 18.0 Å². The molecule has 3 aromatic heterocycles. The number of pyridine rings is 1. The van der Waals surface area contributed by atoms with Gasteiger partial charge in [-0.2, -0.15) is 5.10 Å². The second-order valence-electron chi connectivity index (χ2n) is 6.45. The highest BCUT2D eigenvalue weighted by Gasteiger charge is 2.08. The summed E-state index contributed by atoms with van der Waals surface area (Å²) in [7, 11) is 0. The summed E-state index contributed by atoms with van der Waals surface area (Å²) in [5, 5.41) is 11.0. The van der Waals surface area contributed by atoms with Gasteiger partial charge >= 0.3 is 0 Å². The van der Waals surface area contributed by atoms with Gasteiger partial charge in [-0.05, 0) is 49.0 Å². The molecule has 0 amide bonds. The number of hydrogen-bond donors (Lipinski definition) is 3. The van der Waals surface area contributed by atoms with Crippen LogP contribution >= 0.6 is 12.2 Å². The quantitative estimate of drug-likeness (QED) is 0.344. The van der Waals surface area contributed by atoms with Crippen LogP contribution in [0.3, 0.4) is 0 Å². The third-order valence-electron chi connectivity index (χ3n) is 4.21. The first-order valence-electron chi connectivity index (χ1n) is 9.16. The molecule has 9 heteroatoms. The van der Waals surface area contributed by atoms with Crippen LogP contribution in [0.25, 0.3) is 22.4 Å². The molecule has 146 valence electrons. The number of hydrogen-bond acceptors (Lipinski definition) is 6. The zero-order valence-electron chi connectivity index (χ0n) is 15.8. The molecule has 3 heterocycles. The van der Waals surface area contributed by atoms with E-state index in [1.54, 1.807) is 12.4 Å². The maximum atomic E-state index is 5.85. The molecule has 0 saturated heterocycles. The largest absolute Gasteiger partial charge is 0.399 e. The van der Waals surface area contributed by atoms with E-state index in [0.29, 0.717) is 34.3 Å². The third-order valence-corrected chi connectivity index (χ3v) is 4.46.